The molecule has 2 atom stereocenters. The maximum atomic E-state index is 14.2. The van der Waals surface area contributed by atoms with Gasteiger partial charge in [-0.3, -0.25) is 9.59 Å². The van der Waals surface area contributed by atoms with Gasteiger partial charge in [0, 0.05) is 18.7 Å². The van der Waals surface area contributed by atoms with Crippen LogP contribution in [-0.4, -0.2) is 47.5 Å². The molecule has 0 aliphatic rings. The molecule has 7 nitrogen and oxygen atoms in total. The molecule has 1 aromatic carbocycles. The van der Waals surface area contributed by atoms with Gasteiger partial charge in [0.25, 0.3) is 0 Å². The molecule has 0 saturated carbocycles. The second-order valence-electron chi connectivity index (χ2n) is 11.2. The van der Waals surface area contributed by atoms with Crippen molar-refractivity contribution in [3.8, 4) is 12.3 Å². The van der Waals surface area contributed by atoms with Crippen LogP contribution in [0.2, 0.25) is 0 Å². The Kier molecular flexibility index (Phi) is 14.6. The van der Waals surface area contributed by atoms with E-state index in [1.807, 2.05) is 32.0 Å². The molecule has 0 saturated heterocycles. The second-order valence-corrected chi connectivity index (χ2v) is 11.2. The minimum atomic E-state index is -0.914. The second kappa shape index (κ2) is 16.8. The van der Waals surface area contributed by atoms with Crippen molar-refractivity contribution >= 4 is 17.9 Å². The molecule has 0 heterocycles. The zero-order valence-corrected chi connectivity index (χ0v) is 24.6. The van der Waals surface area contributed by atoms with Crippen LogP contribution in [0.5, 0.6) is 0 Å². The summed E-state index contributed by atoms with van der Waals surface area (Å²) in [5.41, 5.74) is 0.464. The van der Waals surface area contributed by atoms with Crippen molar-refractivity contribution in [1.82, 2.24) is 15.5 Å². The first-order valence-electron chi connectivity index (χ1n) is 14.1. The fourth-order valence-electron chi connectivity index (χ4n) is 4.22. The van der Waals surface area contributed by atoms with Crippen LogP contribution < -0.4 is 10.6 Å². The number of terminal acetylenes is 1. The highest BCUT2D eigenvalue weighted by molar-refractivity contribution is 5.92. The molecule has 2 unspecified atom stereocenters. The number of carbonyl (C=O) groups excluding carboxylic acids is 3. The summed E-state index contributed by atoms with van der Waals surface area (Å²) in [6.45, 7) is 14.4. The van der Waals surface area contributed by atoms with E-state index in [4.69, 9.17) is 11.2 Å². The number of nitrogens with one attached hydrogen (secondary N) is 2. The van der Waals surface area contributed by atoms with Crippen LogP contribution in [0.15, 0.2) is 24.3 Å². The molecule has 0 fully saturated rings. The van der Waals surface area contributed by atoms with Crippen molar-refractivity contribution in [1.29, 1.82) is 0 Å². The number of alkyl carbamates (subject to hydrolysis) is 1. The maximum Gasteiger partial charge on any atom is 0.408 e. The van der Waals surface area contributed by atoms with Gasteiger partial charge in [-0.2, -0.15) is 0 Å². The fraction of sp³-hybridized carbons (Fsp3) is 0.645. The van der Waals surface area contributed by atoms with Crippen LogP contribution in [0, 0.1) is 18.3 Å². The minimum Gasteiger partial charge on any atom is -0.444 e. The lowest BCUT2D eigenvalue weighted by Crippen LogP contribution is -2.53. The molecule has 38 heavy (non-hydrogen) atoms. The van der Waals surface area contributed by atoms with E-state index in [0.717, 1.165) is 38.5 Å². The molecule has 212 valence electrons. The van der Waals surface area contributed by atoms with Crippen molar-refractivity contribution in [3.63, 3.8) is 0 Å². The molecular formula is C31H49N3O4. The lowest BCUT2D eigenvalue weighted by molar-refractivity contribution is -0.143. The summed E-state index contributed by atoms with van der Waals surface area (Å²) in [5, 5.41) is 5.80. The lowest BCUT2D eigenvalue weighted by atomic mass is 9.95. The summed E-state index contributed by atoms with van der Waals surface area (Å²) in [7, 11) is 0. The predicted octanol–water partition coefficient (Wildman–Crippen LogP) is 5.97. The highest BCUT2D eigenvalue weighted by Crippen LogP contribution is 2.27. The number of amides is 3. The molecule has 3 amide bonds. The van der Waals surface area contributed by atoms with Gasteiger partial charge in [-0.1, -0.05) is 77.5 Å². The highest BCUT2D eigenvalue weighted by atomic mass is 16.6. The van der Waals surface area contributed by atoms with Crippen LogP contribution in [-0.2, 0) is 14.3 Å². The Morgan fingerprint density at radius 2 is 1.68 bits per heavy atom. The van der Waals surface area contributed by atoms with Crippen LogP contribution in [0.25, 0.3) is 0 Å². The topological polar surface area (TPSA) is 87.7 Å². The molecule has 0 aromatic heterocycles. The Labute approximate surface area is 230 Å². The highest BCUT2D eigenvalue weighted by Gasteiger charge is 2.37. The number of unbranched alkanes of at least 4 members (excludes halogenated alkanes) is 4. The standard InChI is InChI=1S/C31H49N3O4/c1-9-12-14-17-21-34(29(36)26(22-23(4)5)33-30(37)38-31(6,7)8)27(28(35)32-20-13-10-2)25-19-16-15-18-24(25)11-3/h3,15-16,18-19,23,26-27H,9-10,12-14,17,20-22H2,1-2,4-8H3,(H,32,35)(H,33,37). The molecule has 0 aliphatic heterocycles. The van der Waals surface area contributed by atoms with Gasteiger partial charge in [0.2, 0.25) is 11.8 Å². The van der Waals surface area contributed by atoms with Crippen molar-refractivity contribution in [3.05, 3.63) is 35.4 Å². The van der Waals surface area contributed by atoms with Gasteiger partial charge < -0.3 is 20.3 Å². The number of hydrogen-bond acceptors (Lipinski definition) is 4. The van der Waals surface area contributed by atoms with Gasteiger partial charge in [0.1, 0.15) is 17.7 Å². The zero-order valence-electron chi connectivity index (χ0n) is 24.6. The van der Waals surface area contributed by atoms with E-state index in [9.17, 15) is 14.4 Å². The Morgan fingerprint density at radius 3 is 2.26 bits per heavy atom. The van der Waals surface area contributed by atoms with Gasteiger partial charge in [0.15, 0.2) is 0 Å². The van der Waals surface area contributed by atoms with Gasteiger partial charge >= 0.3 is 6.09 Å². The number of hydrogen-bond donors (Lipinski definition) is 2. The van der Waals surface area contributed by atoms with Crippen LogP contribution >= 0.6 is 0 Å². The Bertz CT molecular complexity index is 930. The summed E-state index contributed by atoms with van der Waals surface area (Å²) in [4.78, 5) is 42.2. The molecule has 0 bridgehead atoms. The predicted molar refractivity (Wildman–Crippen MR) is 154 cm³/mol. The quantitative estimate of drug-likeness (QED) is 0.217. The van der Waals surface area contributed by atoms with Crippen LogP contribution in [0.1, 0.15) is 111 Å². The summed E-state index contributed by atoms with van der Waals surface area (Å²) in [5.74, 6) is 2.21. The smallest absolute Gasteiger partial charge is 0.408 e. The van der Waals surface area contributed by atoms with E-state index >= 15 is 0 Å². The van der Waals surface area contributed by atoms with E-state index in [-0.39, 0.29) is 17.7 Å². The van der Waals surface area contributed by atoms with Gasteiger partial charge in [-0.05, 0) is 57.6 Å². The number of nitrogens with zero attached hydrogens (tertiary/aromatic N) is 1. The number of carbonyl (C=O) groups is 3. The molecule has 0 radical (unpaired) electrons. The van der Waals surface area contributed by atoms with Crippen LogP contribution in [0.3, 0.4) is 0 Å². The lowest BCUT2D eigenvalue weighted by Gasteiger charge is -2.35. The Hall–Kier alpha value is -3.01. The Morgan fingerprint density at radius 1 is 1.03 bits per heavy atom. The normalized spacial score (nSPS) is 12.8. The summed E-state index contributed by atoms with van der Waals surface area (Å²) >= 11 is 0. The van der Waals surface area contributed by atoms with E-state index in [2.05, 4.69) is 30.4 Å². The molecular weight excluding hydrogens is 478 g/mol. The van der Waals surface area contributed by atoms with Crippen molar-refractivity contribution in [2.45, 2.75) is 111 Å². The van der Waals surface area contributed by atoms with Crippen molar-refractivity contribution < 1.29 is 19.1 Å². The molecule has 2 N–H and O–H groups in total. The summed E-state index contributed by atoms with van der Waals surface area (Å²) < 4.78 is 5.46. The molecule has 7 heteroatoms. The van der Waals surface area contributed by atoms with E-state index < -0.39 is 23.8 Å². The first kappa shape index (κ1) is 33.0. The third-order valence-corrected chi connectivity index (χ3v) is 6.03. The SMILES string of the molecule is C#Cc1ccccc1C(C(=O)NCCCC)N(CCCCCC)C(=O)C(CC(C)C)NC(=O)OC(C)(C)C. The summed E-state index contributed by atoms with van der Waals surface area (Å²) in [6.07, 6.45) is 11.1. The average Bonchev–Trinajstić information content (AvgIpc) is 2.83. The van der Waals surface area contributed by atoms with Crippen molar-refractivity contribution in [2.24, 2.45) is 5.92 Å². The van der Waals surface area contributed by atoms with E-state index in [1.165, 1.54) is 0 Å². The van der Waals surface area contributed by atoms with Gasteiger partial charge in [-0.15, -0.1) is 6.42 Å². The average molecular weight is 528 g/mol. The third kappa shape index (κ3) is 11.6. The first-order chi connectivity index (χ1) is 17.9. The third-order valence-electron chi connectivity index (χ3n) is 6.03. The van der Waals surface area contributed by atoms with Crippen LogP contribution in [0.4, 0.5) is 4.79 Å². The maximum absolute atomic E-state index is 14.2. The molecule has 0 spiro atoms. The largest absolute Gasteiger partial charge is 0.444 e. The minimum absolute atomic E-state index is 0.121. The fourth-order valence-corrected chi connectivity index (χ4v) is 4.22. The molecule has 1 rings (SSSR count). The van der Waals surface area contributed by atoms with E-state index in [0.29, 0.717) is 30.6 Å². The number of rotatable bonds is 15. The molecule has 0 aliphatic carbocycles. The Balaban J connectivity index is 3.53. The summed E-state index contributed by atoms with van der Waals surface area (Å²) in [6, 6.07) is 5.48. The van der Waals surface area contributed by atoms with Gasteiger partial charge in [0.05, 0.1) is 0 Å². The number of benzene rings is 1. The molecule has 1 aromatic rings. The van der Waals surface area contributed by atoms with Crippen molar-refractivity contribution in [2.75, 3.05) is 13.1 Å². The first-order valence-corrected chi connectivity index (χ1v) is 14.1. The van der Waals surface area contributed by atoms with E-state index in [1.54, 1.807) is 31.7 Å². The number of ether oxygens (including phenoxy) is 1. The van der Waals surface area contributed by atoms with Gasteiger partial charge in [-0.25, -0.2) is 4.79 Å². The zero-order chi connectivity index (χ0) is 28.7. The monoisotopic (exact) mass is 527 g/mol.